The van der Waals surface area contributed by atoms with E-state index >= 15 is 0 Å². The summed E-state index contributed by atoms with van der Waals surface area (Å²) in [6, 6.07) is 8.52. The molecule has 1 saturated carbocycles. The van der Waals surface area contributed by atoms with E-state index in [1.165, 1.54) is 42.6 Å². The number of hydrogen-bond donors (Lipinski definition) is 2. The van der Waals surface area contributed by atoms with E-state index in [0.717, 1.165) is 31.3 Å². The summed E-state index contributed by atoms with van der Waals surface area (Å²) in [6.07, 6.45) is 6.82. The van der Waals surface area contributed by atoms with Crippen LogP contribution in [0.15, 0.2) is 24.3 Å². The van der Waals surface area contributed by atoms with Gasteiger partial charge in [0.1, 0.15) is 50.3 Å². The first-order valence-electron chi connectivity index (χ1n) is 10.00. The van der Waals surface area contributed by atoms with Crippen LogP contribution in [0.3, 0.4) is 0 Å². The molecule has 0 bridgehead atoms. The first kappa shape index (κ1) is 18.7. The van der Waals surface area contributed by atoms with Crippen LogP contribution in [0.5, 0.6) is 5.75 Å². The Kier molecular flexibility index (Phi) is 6.74. The zero-order valence-corrected chi connectivity index (χ0v) is 15.7. The van der Waals surface area contributed by atoms with Crippen LogP contribution in [0.25, 0.3) is 0 Å². The molecule has 1 aromatic carbocycles. The van der Waals surface area contributed by atoms with Crippen molar-refractivity contribution in [3.05, 3.63) is 29.8 Å². The lowest BCUT2D eigenvalue weighted by molar-refractivity contribution is -0.918. The molecule has 0 amide bonds. The van der Waals surface area contributed by atoms with Gasteiger partial charge in [-0.25, -0.2) is 0 Å². The van der Waals surface area contributed by atoms with Crippen LogP contribution in [-0.4, -0.2) is 49.7 Å². The lowest BCUT2D eigenvalue weighted by Gasteiger charge is -2.33. The molecule has 2 aliphatic rings. The lowest BCUT2D eigenvalue weighted by atomic mass is 9.84. The molecule has 0 radical (unpaired) electrons. The molecule has 1 aliphatic heterocycles. The fourth-order valence-corrected chi connectivity index (χ4v) is 4.41. The van der Waals surface area contributed by atoms with Gasteiger partial charge in [0.15, 0.2) is 0 Å². The van der Waals surface area contributed by atoms with E-state index in [-0.39, 0.29) is 12.2 Å². The topological polar surface area (TPSA) is 43.1 Å². The summed E-state index contributed by atoms with van der Waals surface area (Å²) in [5.74, 6) is 1.58. The Morgan fingerprint density at radius 1 is 1.08 bits per heavy atom. The number of hydrogen-bond acceptors (Lipinski definition) is 3. The van der Waals surface area contributed by atoms with Gasteiger partial charge < -0.3 is 19.5 Å². The highest BCUT2D eigenvalue weighted by atomic mass is 16.5. The standard InChI is InChI=1S/C21H33NO3/c1-16-12-22(13-17(2)25-16)14-20(23)15-24-21-10-8-19(9-11-21)18-6-4-3-5-7-18/h8-11,16-18,20,23H,3-7,12-15H2,1-2H3/p+1/t16-,17-,20-/m0/s1. The summed E-state index contributed by atoms with van der Waals surface area (Å²) in [5, 5.41) is 10.3. The Morgan fingerprint density at radius 3 is 2.36 bits per heavy atom. The molecule has 1 saturated heterocycles. The van der Waals surface area contributed by atoms with Gasteiger partial charge in [0.05, 0.1) is 0 Å². The second-order valence-corrected chi connectivity index (χ2v) is 7.99. The molecule has 1 aliphatic carbocycles. The first-order valence-corrected chi connectivity index (χ1v) is 10.00. The van der Waals surface area contributed by atoms with Crippen LogP contribution in [0.1, 0.15) is 57.4 Å². The molecule has 1 aromatic rings. The van der Waals surface area contributed by atoms with Crippen molar-refractivity contribution in [2.75, 3.05) is 26.2 Å². The zero-order valence-electron chi connectivity index (χ0n) is 15.7. The molecule has 0 unspecified atom stereocenters. The fraction of sp³-hybridized carbons (Fsp3) is 0.714. The minimum absolute atomic E-state index is 0.263. The number of ether oxygens (including phenoxy) is 2. The van der Waals surface area contributed by atoms with E-state index in [4.69, 9.17) is 9.47 Å². The Balaban J connectivity index is 1.43. The molecule has 0 aromatic heterocycles. The Morgan fingerprint density at radius 2 is 1.72 bits per heavy atom. The van der Waals surface area contributed by atoms with Crippen LogP contribution in [0.4, 0.5) is 0 Å². The molecule has 2 fully saturated rings. The second-order valence-electron chi connectivity index (χ2n) is 7.99. The molecular weight excluding hydrogens is 314 g/mol. The lowest BCUT2D eigenvalue weighted by Crippen LogP contribution is -3.16. The summed E-state index contributed by atoms with van der Waals surface area (Å²) < 4.78 is 11.6. The maximum atomic E-state index is 10.3. The minimum Gasteiger partial charge on any atom is -0.491 e. The predicted octanol–water partition coefficient (Wildman–Crippen LogP) is 2.17. The molecular formula is C21H34NO3+. The third kappa shape index (κ3) is 5.70. The molecule has 4 heteroatoms. The van der Waals surface area contributed by atoms with E-state index in [1.807, 2.05) is 0 Å². The van der Waals surface area contributed by atoms with E-state index < -0.39 is 6.10 Å². The monoisotopic (exact) mass is 348 g/mol. The highest BCUT2D eigenvalue weighted by Crippen LogP contribution is 2.33. The predicted molar refractivity (Wildman–Crippen MR) is 99.3 cm³/mol. The third-order valence-electron chi connectivity index (χ3n) is 5.54. The molecule has 2 N–H and O–H groups in total. The van der Waals surface area contributed by atoms with E-state index in [0.29, 0.717) is 6.61 Å². The number of rotatable bonds is 6. The average Bonchev–Trinajstić information content (AvgIpc) is 2.60. The maximum absolute atomic E-state index is 10.3. The number of nitrogens with one attached hydrogen (secondary N) is 1. The van der Waals surface area contributed by atoms with Gasteiger partial charge in [0, 0.05) is 0 Å². The van der Waals surface area contributed by atoms with Crippen molar-refractivity contribution < 1.29 is 19.5 Å². The van der Waals surface area contributed by atoms with Gasteiger partial charge in [-0.05, 0) is 50.3 Å². The number of quaternary nitrogens is 1. The van der Waals surface area contributed by atoms with Crippen molar-refractivity contribution in [3.8, 4) is 5.75 Å². The molecule has 3 atom stereocenters. The van der Waals surface area contributed by atoms with Gasteiger partial charge in [-0.15, -0.1) is 0 Å². The van der Waals surface area contributed by atoms with Gasteiger partial charge in [-0.2, -0.15) is 0 Å². The molecule has 4 nitrogen and oxygen atoms in total. The molecule has 140 valence electrons. The molecule has 3 rings (SSSR count). The summed E-state index contributed by atoms with van der Waals surface area (Å²) in [7, 11) is 0. The van der Waals surface area contributed by atoms with Crippen LogP contribution in [0.2, 0.25) is 0 Å². The van der Waals surface area contributed by atoms with Gasteiger partial charge in [0.25, 0.3) is 0 Å². The zero-order chi connectivity index (χ0) is 17.6. The van der Waals surface area contributed by atoms with E-state index in [1.54, 1.807) is 0 Å². The average molecular weight is 349 g/mol. The van der Waals surface area contributed by atoms with Gasteiger partial charge in [0.2, 0.25) is 0 Å². The Bertz CT molecular complexity index is 502. The SMILES string of the molecule is C[C@H]1C[NH+](C[C@H](O)COc2ccc(C3CCCCC3)cc2)C[C@H](C)O1. The van der Waals surface area contributed by atoms with Crippen molar-refractivity contribution in [1.29, 1.82) is 0 Å². The highest BCUT2D eigenvalue weighted by Gasteiger charge is 2.27. The molecule has 0 spiro atoms. The second kappa shape index (κ2) is 9.02. The number of aliphatic hydroxyl groups excluding tert-OH is 1. The van der Waals surface area contributed by atoms with Gasteiger partial charge in [-0.1, -0.05) is 31.4 Å². The van der Waals surface area contributed by atoms with Crippen LogP contribution < -0.4 is 9.64 Å². The smallest absolute Gasteiger partial charge is 0.137 e. The van der Waals surface area contributed by atoms with E-state index in [9.17, 15) is 5.11 Å². The molecule has 1 heterocycles. The van der Waals surface area contributed by atoms with E-state index in [2.05, 4.69) is 38.1 Å². The summed E-state index contributed by atoms with van der Waals surface area (Å²) >= 11 is 0. The summed E-state index contributed by atoms with van der Waals surface area (Å²) in [6.45, 7) is 7.20. The maximum Gasteiger partial charge on any atom is 0.137 e. The minimum atomic E-state index is -0.439. The summed E-state index contributed by atoms with van der Waals surface area (Å²) in [4.78, 5) is 1.40. The highest BCUT2D eigenvalue weighted by molar-refractivity contribution is 5.29. The van der Waals surface area contributed by atoms with Gasteiger partial charge in [-0.3, -0.25) is 0 Å². The number of benzene rings is 1. The molecule has 25 heavy (non-hydrogen) atoms. The Hall–Kier alpha value is -1.10. The van der Waals surface area contributed by atoms with Crippen LogP contribution in [-0.2, 0) is 4.74 Å². The van der Waals surface area contributed by atoms with Crippen molar-refractivity contribution in [2.24, 2.45) is 0 Å². The quantitative estimate of drug-likeness (QED) is 0.828. The van der Waals surface area contributed by atoms with Crippen LogP contribution in [0, 0.1) is 0 Å². The van der Waals surface area contributed by atoms with Crippen molar-refractivity contribution >= 4 is 0 Å². The Labute approximate surface area is 152 Å². The third-order valence-corrected chi connectivity index (χ3v) is 5.54. The first-order chi connectivity index (χ1) is 12.1. The van der Waals surface area contributed by atoms with Gasteiger partial charge >= 0.3 is 0 Å². The van der Waals surface area contributed by atoms with Crippen LogP contribution >= 0.6 is 0 Å². The normalized spacial score (nSPS) is 29.3. The number of morpholine rings is 1. The fourth-order valence-electron chi connectivity index (χ4n) is 4.41. The van der Waals surface area contributed by atoms with Crippen molar-refractivity contribution in [1.82, 2.24) is 0 Å². The summed E-state index contributed by atoms with van der Waals surface area (Å²) in [5.41, 5.74) is 1.44. The van der Waals surface area contributed by atoms with Crippen molar-refractivity contribution in [2.45, 2.75) is 70.2 Å². The largest absolute Gasteiger partial charge is 0.491 e. The van der Waals surface area contributed by atoms with Crippen molar-refractivity contribution in [3.63, 3.8) is 0 Å². The number of aliphatic hydroxyl groups is 1.